The van der Waals surface area contributed by atoms with Crippen molar-refractivity contribution in [3.63, 3.8) is 0 Å². The maximum absolute atomic E-state index is 11.2. The molecule has 0 amide bonds. The van der Waals surface area contributed by atoms with Crippen LogP contribution in [0.15, 0.2) is 79.5 Å². The predicted molar refractivity (Wildman–Crippen MR) is 203 cm³/mol. The standard InChI is InChI=1S/C9H14N2O.C9H14N2.C8H13N3.C6H8N2.C5H7N3/c1-8-4-5-11(12)9(6-8)7-10(2)3;1-8-4-5-10-9(6-8)7-11(2)3;1-7-4-5-9-8(10-7)6-11(2)3;1-5-2-3-8-6(7)4-5;1-4-2-3-7-5(6)8-4/h4-6H,7H2,1-3H3;4-6H,7H2,1-3H3;4-5H,6H2,1-3H3;2-4H,1H3,(H2,7,8);2-3H,1H3,(H2,6,7,8). The zero-order valence-electron chi connectivity index (χ0n) is 31.7. The van der Waals surface area contributed by atoms with Gasteiger partial charge in [0.1, 0.15) is 11.6 Å². The molecule has 0 aliphatic rings. The highest BCUT2D eigenvalue weighted by molar-refractivity contribution is 5.30. The molecule has 5 aromatic heterocycles. The van der Waals surface area contributed by atoms with Crippen LogP contribution in [0.1, 0.15) is 45.3 Å². The second-order valence-corrected chi connectivity index (χ2v) is 12.5. The fourth-order valence-electron chi connectivity index (χ4n) is 3.99. The molecule has 0 atom stereocenters. The normalized spacial score (nSPS) is 10.1. The summed E-state index contributed by atoms with van der Waals surface area (Å²) < 4.78 is 0.910. The lowest BCUT2D eigenvalue weighted by Crippen LogP contribution is -2.34. The van der Waals surface area contributed by atoms with Gasteiger partial charge >= 0.3 is 0 Å². The molecule has 0 aliphatic carbocycles. The minimum absolute atomic E-state index is 0.338. The number of anilines is 2. The molecule has 0 aliphatic heterocycles. The van der Waals surface area contributed by atoms with Crippen molar-refractivity contribution in [1.29, 1.82) is 0 Å². The first kappa shape index (κ1) is 42.9. The molecule has 0 aromatic carbocycles. The molecule has 5 rings (SSSR count). The summed E-state index contributed by atoms with van der Waals surface area (Å²) in [6, 6.07) is 15.3. The Labute approximate surface area is 298 Å². The predicted octanol–water partition coefficient (Wildman–Crippen LogP) is 4.33. The van der Waals surface area contributed by atoms with Gasteiger partial charge in [0, 0.05) is 54.9 Å². The molecule has 50 heavy (non-hydrogen) atoms. The molecule has 0 fully saturated rings. The summed E-state index contributed by atoms with van der Waals surface area (Å²) in [6.07, 6.45) is 8.53. The maximum atomic E-state index is 11.2. The van der Waals surface area contributed by atoms with E-state index in [4.69, 9.17) is 11.5 Å². The zero-order chi connectivity index (χ0) is 37.6. The van der Waals surface area contributed by atoms with Crippen molar-refractivity contribution in [2.45, 2.75) is 54.3 Å². The number of nitrogens with two attached hydrogens (primary N) is 2. The smallest absolute Gasteiger partial charge is 0.220 e. The molecule has 0 saturated heterocycles. The SMILES string of the molecule is Cc1cc[n+]([O-])c(CN(C)C)c1.Cc1ccnc(CN(C)C)c1.Cc1ccnc(CN(C)C)n1.Cc1ccnc(N)c1.Cc1ccnc(N)n1. The van der Waals surface area contributed by atoms with E-state index in [-0.39, 0.29) is 0 Å². The van der Waals surface area contributed by atoms with Gasteiger partial charge in [-0.2, -0.15) is 4.73 Å². The minimum atomic E-state index is 0.338. The second kappa shape index (κ2) is 23.3. The van der Waals surface area contributed by atoms with Gasteiger partial charge in [-0.15, -0.1) is 0 Å². The summed E-state index contributed by atoms with van der Waals surface area (Å²) in [5.41, 5.74) is 18.0. The van der Waals surface area contributed by atoms with Gasteiger partial charge in [-0.25, -0.2) is 24.9 Å². The van der Waals surface area contributed by atoms with E-state index >= 15 is 0 Å². The topological polar surface area (TPSA) is 166 Å². The number of nitrogens with zero attached hydrogens (tertiary/aromatic N) is 10. The first-order valence-electron chi connectivity index (χ1n) is 16.1. The summed E-state index contributed by atoms with van der Waals surface area (Å²) in [5, 5.41) is 11.2. The van der Waals surface area contributed by atoms with E-state index in [2.05, 4.69) is 52.7 Å². The van der Waals surface area contributed by atoms with Gasteiger partial charge in [0.2, 0.25) is 11.6 Å². The Balaban J connectivity index is 0.000000315. The van der Waals surface area contributed by atoms with Crippen molar-refractivity contribution in [1.82, 2.24) is 44.6 Å². The van der Waals surface area contributed by atoms with Gasteiger partial charge < -0.3 is 26.5 Å². The van der Waals surface area contributed by atoms with Crippen molar-refractivity contribution in [2.24, 2.45) is 0 Å². The van der Waals surface area contributed by atoms with Crippen LogP contribution in [0.5, 0.6) is 0 Å². The molecule has 0 radical (unpaired) electrons. The Morgan fingerprint density at radius 2 is 1.10 bits per heavy atom. The van der Waals surface area contributed by atoms with Crippen LogP contribution in [0.3, 0.4) is 0 Å². The lowest BCUT2D eigenvalue weighted by molar-refractivity contribution is -0.615. The summed E-state index contributed by atoms with van der Waals surface area (Å²) >= 11 is 0. The fourth-order valence-corrected chi connectivity index (χ4v) is 3.99. The summed E-state index contributed by atoms with van der Waals surface area (Å²) in [5.74, 6) is 1.81. The summed E-state index contributed by atoms with van der Waals surface area (Å²) in [4.78, 5) is 30.1. The molecule has 5 aromatic rings. The molecule has 0 unspecified atom stereocenters. The van der Waals surface area contributed by atoms with Crippen LogP contribution >= 0.6 is 0 Å². The van der Waals surface area contributed by atoms with Crippen molar-refractivity contribution >= 4 is 11.8 Å². The highest BCUT2D eigenvalue weighted by atomic mass is 16.5. The molecule has 13 nitrogen and oxygen atoms in total. The van der Waals surface area contributed by atoms with E-state index in [1.807, 2.05) is 117 Å². The van der Waals surface area contributed by atoms with Gasteiger partial charge in [0.05, 0.1) is 18.8 Å². The van der Waals surface area contributed by atoms with Crippen molar-refractivity contribution < 1.29 is 4.73 Å². The number of aromatic nitrogens is 7. The van der Waals surface area contributed by atoms with E-state index in [0.717, 1.165) is 57.5 Å². The third-order valence-electron chi connectivity index (χ3n) is 6.13. The molecular formula is C37H56N12O. The van der Waals surface area contributed by atoms with E-state index < -0.39 is 0 Å². The van der Waals surface area contributed by atoms with Gasteiger partial charge in [0.25, 0.3) is 0 Å². The van der Waals surface area contributed by atoms with E-state index in [1.165, 1.54) is 5.56 Å². The molecule has 0 saturated carbocycles. The van der Waals surface area contributed by atoms with Gasteiger partial charge in [-0.3, -0.25) is 9.88 Å². The second-order valence-electron chi connectivity index (χ2n) is 12.5. The maximum Gasteiger partial charge on any atom is 0.220 e. The van der Waals surface area contributed by atoms with Crippen LogP contribution in [-0.2, 0) is 19.6 Å². The number of hydrogen-bond acceptors (Lipinski definition) is 12. The first-order valence-corrected chi connectivity index (χ1v) is 16.1. The highest BCUT2D eigenvalue weighted by Gasteiger charge is 2.05. The molecular weight excluding hydrogens is 628 g/mol. The zero-order valence-corrected chi connectivity index (χ0v) is 31.7. The van der Waals surface area contributed by atoms with Gasteiger partial charge in [-0.05, 0) is 130 Å². The monoisotopic (exact) mass is 684 g/mol. The minimum Gasteiger partial charge on any atom is -0.618 e. The number of aryl methyl sites for hydroxylation is 5. The Morgan fingerprint density at radius 1 is 0.580 bits per heavy atom. The lowest BCUT2D eigenvalue weighted by Gasteiger charge is -2.09. The van der Waals surface area contributed by atoms with Gasteiger partial charge in [-0.1, -0.05) is 0 Å². The molecule has 4 N–H and O–H groups in total. The Hall–Kier alpha value is -5.11. The van der Waals surface area contributed by atoms with Crippen molar-refractivity contribution in [2.75, 3.05) is 53.8 Å². The van der Waals surface area contributed by atoms with E-state index in [0.29, 0.717) is 18.3 Å². The average molecular weight is 685 g/mol. The van der Waals surface area contributed by atoms with E-state index in [1.54, 1.807) is 30.9 Å². The van der Waals surface area contributed by atoms with Crippen LogP contribution in [0.25, 0.3) is 0 Å². The molecule has 5 heterocycles. The third kappa shape index (κ3) is 21.0. The lowest BCUT2D eigenvalue weighted by atomic mass is 10.2. The average Bonchev–Trinajstić information content (AvgIpc) is 2.99. The van der Waals surface area contributed by atoms with Gasteiger partial charge in [0.15, 0.2) is 6.20 Å². The molecule has 270 valence electrons. The molecule has 13 heteroatoms. The number of hydrogen-bond donors (Lipinski definition) is 2. The largest absolute Gasteiger partial charge is 0.618 e. The number of pyridine rings is 3. The van der Waals surface area contributed by atoms with Crippen LogP contribution in [0, 0.1) is 39.8 Å². The Bertz CT molecular complexity index is 1550. The van der Waals surface area contributed by atoms with Crippen LogP contribution in [0.2, 0.25) is 0 Å². The van der Waals surface area contributed by atoms with Crippen molar-refractivity contribution in [3.05, 3.63) is 130 Å². The van der Waals surface area contributed by atoms with Crippen LogP contribution < -0.4 is 16.2 Å². The number of rotatable bonds is 6. The van der Waals surface area contributed by atoms with Crippen LogP contribution in [0.4, 0.5) is 11.8 Å². The quantitative estimate of drug-likeness (QED) is 0.192. The van der Waals surface area contributed by atoms with Crippen molar-refractivity contribution in [3.8, 4) is 0 Å². The third-order valence-corrected chi connectivity index (χ3v) is 6.13. The molecule has 0 bridgehead atoms. The first-order chi connectivity index (χ1) is 23.5. The van der Waals surface area contributed by atoms with Crippen LogP contribution in [-0.4, -0.2) is 86.9 Å². The summed E-state index contributed by atoms with van der Waals surface area (Å²) in [7, 11) is 12.0. The molecule has 0 spiro atoms. The fraction of sp³-hybridized carbons (Fsp3) is 0.378. The highest BCUT2D eigenvalue weighted by Crippen LogP contribution is 2.02. The summed E-state index contributed by atoms with van der Waals surface area (Å²) in [6.45, 7) is 12.3. The van der Waals surface area contributed by atoms with E-state index in [9.17, 15) is 5.21 Å². The Kier molecular flexibility index (Phi) is 20.0. The number of nitrogen functional groups attached to an aromatic ring is 2. The Morgan fingerprint density at radius 3 is 1.56 bits per heavy atom.